The van der Waals surface area contributed by atoms with Crippen molar-refractivity contribution in [2.24, 2.45) is 21.1 Å². The molecule has 0 aliphatic carbocycles. The van der Waals surface area contributed by atoms with Crippen LogP contribution < -0.4 is 11.2 Å². The van der Waals surface area contributed by atoms with Crippen LogP contribution in [0.2, 0.25) is 0 Å². The summed E-state index contributed by atoms with van der Waals surface area (Å²) in [5.41, 5.74) is -0.419. The van der Waals surface area contributed by atoms with Crippen molar-refractivity contribution >= 4 is 28.9 Å². The highest BCUT2D eigenvalue weighted by atomic mass is 32.2. The number of nitrogens with zero attached hydrogens (tertiary/aromatic N) is 4. The molecule has 0 aliphatic heterocycles. The summed E-state index contributed by atoms with van der Waals surface area (Å²) in [4.78, 5) is 39.0. The molecule has 0 spiro atoms. The maximum Gasteiger partial charge on any atom is 0.332 e. The predicted octanol–water partition coefficient (Wildman–Crippen LogP) is -0.464. The van der Waals surface area contributed by atoms with Crippen molar-refractivity contribution in [3.8, 4) is 0 Å². The maximum absolute atomic E-state index is 12.0. The molecular weight excluding hydrogens is 284 g/mol. The van der Waals surface area contributed by atoms with Crippen molar-refractivity contribution in [1.29, 1.82) is 0 Å². The van der Waals surface area contributed by atoms with Crippen molar-refractivity contribution in [2.75, 3.05) is 0 Å². The normalized spacial score (nSPS) is 12.8. The lowest BCUT2D eigenvalue weighted by Gasteiger charge is -2.07. The average molecular weight is 298 g/mol. The first-order chi connectivity index (χ1) is 9.25. The molecule has 0 aliphatic rings. The highest BCUT2D eigenvalue weighted by Gasteiger charge is 2.21. The lowest BCUT2D eigenvalue weighted by Crippen LogP contribution is -2.37. The number of aromatic nitrogens is 4. The van der Waals surface area contributed by atoms with Crippen molar-refractivity contribution in [2.45, 2.75) is 17.3 Å². The van der Waals surface area contributed by atoms with E-state index in [2.05, 4.69) is 4.98 Å². The third-order valence-electron chi connectivity index (χ3n) is 3.05. The Morgan fingerprint density at radius 3 is 2.35 bits per heavy atom. The van der Waals surface area contributed by atoms with E-state index >= 15 is 0 Å². The molecule has 0 radical (unpaired) electrons. The van der Waals surface area contributed by atoms with Crippen LogP contribution in [0.5, 0.6) is 0 Å². The molecule has 0 saturated heterocycles. The number of thioether (sulfide) groups is 1. The topological polar surface area (TPSA) is 99.1 Å². The second-order valence-electron chi connectivity index (χ2n) is 4.43. The molecular formula is C11H14N4O4S. The number of aliphatic carboxylic acids is 1. The summed E-state index contributed by atoms with van der Waals surface area (Å²) < 4.78 is 3.85. The third kappa shape index (κ3) is 2.03. The standard InChI is InChI=1S/C11H14N4O4S/c1-5(9(17)18)20-10-12-6-7(13(10)2)14(3)11(19)15(4)8(6)16/h5H,1-4H3,(H,17,18)/t5-/m0/s1. The molecule has 1 N–H and O–H groups in total. The van der Waals surface area contributed by atoms with Crippen LogP contribution >= 0.6 is 11.8 Å². The van der Waals surface area contributed by atoms with Crippen molar-refractivity contribution < 1.29 is 9.90 Å². The second-order valence-corrected chi connectivity index (χ2v) is 5.74. The van der Waals surface area contributed by atoms with Gasteiger partial charge in [-0.25, -0.2) is 9.78 Å². The van der Waals surface area contributed by atoms with E-state index in [9.17, 15) is 14.4 Å². The third-order valence-corrected chi connectivity index (χ3v) is 4.18. The summed E-state index contributed by atoms with van der Waals surface area (Å²) in [7, 11) is 4.57. The lowest BCUT2D eigenvalue weighted by molar-refractivity contribution is -0.136. The minimum atomic E-state index is -0.969. The number of aryl methyl sites for hydroxylation is 2. The van der Waals surface area contributed by atoms with Crippen LogP contribution in [0.1, 0.15) is 6.92 Å². The fourth-order valence-corrected chi connectivity index (χ4v) is 2.68. The quantitative estimate of drug-likeness (QED) is 0.770. The van der Waals surface area contributed by atoms with Gasteiger partial charge in [0.15, 0.2) is 16.3 Å². The summed E-state index contributed by atoms with van der Waals surface area (Å²) in [5, 5.41) is 8.61. The molecule has 2 aromatic rings. The summed E-state index contributed by atoms with van der Waals surface area (Å²) in [6, 6.07) is 0. The van der Waals surface area contributed by atoms with Gasteiger partial charge in [-0.3, -0.25) is 18.7 Å². The summed E-state index contributed by atoms with van der Waals surface area (Å²) in [6.45, 7) is 1.53. The van der Waals surface area contributed by atoms with Gasteiger partial charge in [-0.05, 0) is 6.92 Å². The van der Waals surface area contributed by atoms with Gasteiger partial charge in [0.1, 0.15) is 5.25 Å². The van der Waals surface area contributed by atoms with Gasteiger partial charge >= 0.3 is 11.7 Å². The summed E-state index contributed by atoms with van der Waals surface area (Å²) in [6.07, 6.45) is 0. The average Bonchev–Trinajstić information content (AvgIpc) is 2.71. The molecule has 0 aromatic carbocycles. The van der Waals surface area contributed by atoms with Crippen LogP contribution in [-0.4, -0.2) is 35.0 Å². The molecule has 20 heavy (non-hydrogen) atoms. The molecule has 0 saturated carbocycles. The Hall–Kier alpha value is -2.03. The number of carboxylic acid groups (broad SMARTS) is 1. The number of carbonyl (C=O) groups is 1. The van der Waals surface area contributed by atoms with Crippen molar-refractivity contribution in [1.82, 2.24) is 18.7 Å². The Morgan fingerprint density at radius 2 is 1.80 bits per heavy atom. The number of fused-ring (bicyclic) bond motifs is 1. The molecule has 0 bridgehead atoms. The number of rotatable bonds is 3. The van der Waals surface area contributed by atoms with Gasteiger partial charge in [-0.1, -0.05) is 11.8 Å². The number of hydrogen-bond acceptors (Lipinski definition) is 5. The van der Waals surface area contributed by atoms with E-state index in [1.807, 2.05) is 0 Å². The van der Waals surface area contributed by atoms with Gasteiger partial charge in [-0.15, -0.1) is 0 Å². The van der Waals surface area contributed by atoms with Gasteiger partial charge in [-0.2, -0.15) is 0 Å². The van der Waals surface area contributed by atoms with Crippen LogP contribution in [0.3, 0.4) is 0 Å². The minimum Gasteiger partial charge on any atom is -0.480 e. The molecule has 0 amide bonds. The zero-order chi connectivity index (χ0) is 15.2. The van der Waals surface area contributed by atoms with Gasteiger partial charge in [0.2, 0.25) is 0 Å². The SMILES string of the molecule is C[C@H](Sc1nc2c(=O)n(C)c(=O)n(C)c2n1C)C(=O)O. The van der Waals surface area contributed by atoms with Gasteiger partial charge in [0.05, 0.1) is 0 Å². The highest BCUT2D eigenvalue weighted by molar-refractivity contribution is 8.00. The lowest BCUT2D eigenvalue weighted by atomic mass is 10.5. The number of carboxylic acids is 1. The Labute approximate surface area is 117 Å². The molecule has 2 aromatic heterocycles. The molecule has 108 valence electrons. The predicted molar refractivity (Wildman–Crippen MR) is 74.2 cm³/mol. The molecule has 2 heterocycles. The molecule has 2 rings (SSSR count). The zero-order valence-electron chi connectivity index (χ0n) is 11.4. The molecule has 0 unspecified atom stereocenters. The first-order valence-corrected chi connectivity index (χ1v) is 6.65. The Bertz CT molecular complexity index is 816. The minimum absolute atomic E-state index is 0.150. The zero-order valence-corrected chi connectivity index (χ0v) is 12.3. The molecule has 0 fully saturated rings. The van der Waals surface area contributed by atoms with E-state index in [1.165, 1.54) is 18.5 Å². The van der Waals surface area contributed by atoms with E-state index in [0.29, 0.717) is 10.8 Å². The summed E-state index contributed by atoms with van der Waals surface area (Å²) in [5.74, 6) is -0.969. The van der Waals surface area contributed by atoms with E-state index in [0.717, 1.165) is 16.3 Å². The van der Waals surface area contributed by atoms with Crippen LogP contribution in [0, 0.1) is 0 Å². The number of hydrogen-bond donors (Lipinski definition) is 1. The van der Waals surface area contributed by atoms with Crippen LogP contribution in [0.15, 0.2) is 14.7 Å². The fraction of sp³-hybridized carbons (Fsp3) is 0.455. The molecule has 8 nitrogen and oxygen atoms in total. The largest absolute Gasteiger partial charge is 0.480 e. The van der Waals surface area contributed by atoms with Gasteiger partial charge in [0.25, 0.3) is 5.56 Å². The van der Waals surface area contributed by atoms with E-state index in [1.54, 1.807) is 18.7 Å². The Kier molecular flexibility index (Phi) is 3.46. The fourth-order valence-electron chi connectivity index (χ4n) is 1.87. The monoisotopic (exact) mass is 298 g/mol. The smallest absolute Gasteiger partial charge is 0.332 e. The second kappa shape index (κ2) is 4.82. The van der Waals surface area contributed by atoms with E-state index in [-0.39, 0.29) is 5.52 Å². The Balaban J connectivity index is 2.74. The van der Waals surface area contributed by atoms with E-state index < -0.39 is 22.5 Å². The van der Waals surface area contributed by atoms with Gasteiger partial charge < -0.3 is 9.67 Å². The first-order valence-electron chi connectivity index (χ1n) is 5.77. The molecule has 9 heteroatoms. The van der Waals surface area contributed by atoms with Crippen molar-refractivity contribution in [3.05, 3.63) is 20.8 Å². The Morgan fingerprint density at radius 1 is 1.20 bits per heavy atom. The first kappa shape index (κ1) is 14.4. The van der Waals surface area contributed by atoms with Crippen LogP contribution in [0.25, 0.3) is 11.2 Å². The summed E-state index contributed by atoms with van der Waals surface area (Å²) >= 11 is 1.02. The van der Waals surface area contributed by atoms with Crippen LogP contribution in [0.4, 0.5) is 0 Å². The number of imidazole rings is 1. The maximum atomic E-state index is 12.0. The van der Waals surface area contributed by atoms with Crippen molar-refractivity contribution in [3.63, 3.8) is 0 Å². The van der Waals surface area contributed by atoms with E-state index in [4.69, 9.17) is 5.11 Å². The van der Waals surface area contributed by atoms with Gasteiger partial charge in [0, 0.05) is 21.1 Å². The molecule has 1 atom stereocenters. The van der Waals surface area contributed by atoms with Crippen LogP contribution in [-0.2, 0) is 25.9 Å². The highest BCUT2D eigenvalue weighted by Crippen LogP contribution is 2.24.